The van der Waals surface area contributed by atoms with Gasteiger partial charge in [0.2, 0.25) is 0 Å². The van der Waals surface area contributed by atoms with Crippen LogP contribution in [0.4, 0.5) is 5.69 Å². The molecule has 120 valence electrons. The van der Waals surface area contributed by atoms with Gasteiger partial charge in [-0.05, 0) is 13.3 Å². The van der Waals surface area contributed by atoms with Gasteiger partial charge in [-0.1, -0.05) is 44.2 Å². The van der Waals surface area contributed by atoms with E-state index in [1.54, 1.807) is 13.3 Å². The predicted octanol–water partition coefficient (Wildman–Crippen LogP) is 3.31. The van der Waals surface area contributed by atoms with Crippen molar-refractivity contribution in [3.8, 4) is 0 Å². The molecule has 1 rings (SSSR count). The molecule has 0 aromatic carbocycles. The summed E-state index contributed by atoms with van der Waals surface area (Å²) in [6, 6.07) is 0.274. The fourth-order valence-electron chi connectivity index (χ4n) is 2.12. The Balaban J connectivity index is 2.59. The fraction of sp³-hybridized carbons (Fsp3) is 0.733. The molecule has 0 spiro atoms. The SMILES string of the molecule is CCCCCCC(C)Nc1cnn(CCOC)c(=O)c1Cl. The molecule has 0 aliphatic heterocycles. The van der Waals surface area contributed by atoms with E-state index in [4.69, 9.17) is 16.3 Å². The zero-order chi connectivity index (χ0) is 15.7. The maximum atomic E-state index is 12.0. The lowest BCUT2D eigenvalue weighted by Crippen LogP contribution is -2.27. The zero-order valence-corrected chi connectivity index (χ0v) is 13.9. The number of methoxy groups -OCH3 is 1. The van der Waals surface area contributed by atoms with Crippen molar-refractivity contribution < 1.29 is 4.74 Å². The van der Waals surface area contributed by atoms with Gasteiger partial charge in [-0.25, -0.2) is 4.68 Å². The number of hydrogen-bond donors (Lipinski definition) is 1. The van der Waals surface area contributed by atoms with Crippen molar-refractivity contribution in [3.63, 3.8) is 0 Å². The first-order valence-electron chi connectivity index (χ1n) is 7.61. The van der Waals surface area contributed by atoms with Crippen LogP contribution in [0.25, 0.3) is 0 Å². The number of hydrogen-bond acceptors (Lipinski definition) is 4. The second-order valence-electron chi connectivity index (χ2n) is 5.29. The van der Waals surface area contributed by atoms with Crippen molar-refractivity contribution in [1.29, 1.82) is 0 Å². The molecule has 6 heteroatoms. The fourth-order valence-corrected chi connectivity index (χ4v) is 2.32. The second-order valence-corrected chi connectivity index (χ2v) is 5.67. The highest BCUT2D eigenvalue weighted by Crippen LogP contribution is 2.18. The van der Waals surface area contributed by atoms with E-state index >= 15 is 0 Å². The summed E-state index contributed by atoms with van der Waals surface area (Å²) in [4.78, 5) is 12.0. The number of rotatable bonds is 10. The molecule has 0 amide bonds. The molecule has 0 radical (unpaired) electrons. The van der Waals surface area contributed by atoms with Crippen molar-refractivity contribution in [1.82, 2.24) is 9.78 Å². The van der Waals surface area contributed by atoms with Gasteiger partial charge >= 0.3 is 0 Å². The van der Waals surface area contributed by atoms with Crippen LogP contribution in [0, 0.1) is 0 Å². The lowest BCUT2D eigenvalue weighted by molar-refractivity contribution is 0.182. The number of aromatic nitrogens is 2. The van der Waals surface area contributed by atoms with Gasteiger partial charge in [0.1, 0.15) is 5.02 Å². The molecular formula is C15H26ClN3O2. The highest BCUT2D eigenvalue weighted by molar-refractivity contribution is 6.32. The molecule has 0 aliphatic carbocycles. The minimum Gasteiger partial charge on any atom is -0.383 e. The van der Waals surface area contributed by atoms with Crippen molar-refractivity contribution >= 4 is 17.3 Å². The highest BCUT2D eigenvalue weighted by Gasteiger charge is 2.11. The smallest absolute Gasteiger partial charge is 0.287 e. The summed E-state index contributed by atoms with van der Waals surface area (Å²) < 4.78 is 6.26. The van der Waals surface area contributed by atoms with Crippen LogP contribution in [0.3, 0.4) is 0 Å². The normalized spacial score (nSPS) is 12.4. The summed E-state index contributed by atoms with van der Waals surface area (Å²) in [6.07, 6.45) is 7.60. The summed E-state index contributed by atoms with van der Waals surface area (Å²) in [5.74, 6) is 0. The van der Waals surface area contributed by atoms with Crippen LogP contribution in [0.5, 0.6) is 0 Å². The molecule has 0 aliphatic rings. The van der Waals surface area contributed by atoms with Crippen molar-refractivity contribution in [2.45, 2.75) is 58.5 Å². The first kappa shape index (κ1) is 18.0. The predicted molar refractivity (Wildman–Crippen MR) is 87.2 cm³/mol. The van der Waals surface area contributed by atoms with Gasteiger partial charge in [0.05, 0.1) is 25.0 Å². The van der Waals surface area contributed by atoms with Crippen LogP contribution < -0.4 is 10.9 Å². The van der Waals surface area contributed by atoms with Gasteiger partial charge in [-0.3, -0.25) is 4.79 Å². The Hall–Kier alpha value is -1.07. The molecule has 0 saturated carbocycles. The van der Waals surface area contributed by atoms with Gasteiger partial charge < -0.3 is 10.1 Å². The molecule has 21 heavy (non-hydrogen) atoms. The summed E-state index contributed by atoms with van der Waals surface area (Å²) in [5.41, 5.74) is 0.329. The molecule has 1 aromatic heterocycles. The van der Waals surface area contributed by atoms with Gasteiger partial charge in [0, 0.05) is 13.2 Å². The van der Waals surface area contributed by atoms with E-state index < -0.39 is 0 Å². The summed E-state index contributed by atoms with van der Waals surface area (Å²) >= 11 is 6.13. The topological polar surface area (TPSA) is 56.1 Å². The largest absolute Gasteiger partial charge is 0.383 e. The van der Waals surface area contributed by atoms with Crippen LogP contribution in [0.15, 0.2) is 11.0 Å². The number of halogens is 1. The average Bonchev–Trinajstić information content (AvgIpc) is 2.48. The highest BCUT2D eigenvalue weighted by atomic mass is 35.5. The molecule has 0 fully saturated rings. The van der Waals surface area contributed by atoms with Crippen molar-refractivity contribution in [2.75, 3.05) is 19.0 Å². The summed E-state index contributed by atoms with van der Waals surface area (Å²) in [5, 5.41) is 7.58. The Labute approximate surface area is 131 Å². The molecule has 1 N–H and O–H groups in total. The summed E-state index contributed by atoms with van der Waals surface area (Å²) in [7, 11) is 1.59. The Morgan fingerprint density at radius 3 is 2.86 bits per heavy atom. The monoisotopic (exact) mass is 315 g/mol. The van der Waals surface area contributed by atoms with E-state index in [0.29, 0.717) is 18.8 Å². The van der Waals surface area contributed by atoms with Crippen molar-refractivity contribution in [2.24, 2.45) is 0 Å². The van der Waals surface area contributed by atoms with Gasteiger partial charge in [0.25, 0.3) is 5.56 Å². The standard InChI is InChI=1S/C15H26ClN3O2/c1-4-5-6-7-8-12(2)18-13-11-17-19(9-10-21-3)15(20)14(13)16/h11-12,18H,4-10H2,1-3H3. The molecule has 0 bridgehead atoms. The van der Waals surface area contributed by atoms with Crippen LogP contribution in [-0.2, 0) is 11.3 Å². The molecule has 5 nitrogen and oxygen atoms in total. The zero-order valence-electron chi connectivity index (χ0n) is 13.2. The van der Waals surface area contributed by atoms with Gasteiger partial charge in [0.15, 0.2) is 0 Å². The molecule has 1 heterocycles. The van der Waals surface area contributed by atoms with E-state index in [9.17, 15) is 4.79 Å². The molecule has 1 atom stereocenters. The molecular weight excluding hydrogens is 290 g/mol. The maximum Gasteiger partial charge on any atom is 0.287 e. The van der Waals surface area contributed by atoms with Gasteiger partial charge in [-0.15, -0.1) is 0 Å². The molecule has 1 unspecified atom stereocenters. The number of nitrogens with one attached hydrogen (secondary N) is 1. The minimum absolute atomic E-state index is 0.196. The third kappa shape index (κ3) is 6.06. The Bertz CT molecular complexity index is 476. The number of anilines is 1. The number of nitrogens with zero attached hydrogens (tertiary/aromatic N) is 2. The first-order chi connectivity index (χ1) is 10.1. The third-order valence-electron chi connectivity index (χ3n) is 3.38. The quantitative estimate of drug-likeness (QED) is 0.673. The first-order valence-corrected chi connectivity index (χ1v) is 7.99. The lowest BCUT2D eigenvalue weighted by atomic mass is 10.1. The average molecular weight is 316 g/mol. The number of ether oxygens (including phenoxy) is 1. The van der Waals surface area contributed by atoms with E-state index in [2.05, 4.69) is 24.3 Å². The van der Waals surface area contributed by atoms with Crippen LogP contribution in [0.1, 0.15) is 46.0 Å². The second kappa shape index (κ2) is 9.79. The Morgan fingerprint density at radius 2 is 2.19 bits per heavy atom. The van der Waals surface area contributed by atoms with Gasteiger partial charge in [-0.2, -0.15) is 5.10 Å². The number of unbranched alkanes of at least 4 members (excludes halogenated alkanes) is 3. The van der Waals surface area contributed by atoms with E-state index in [0.717, 1.165) is 6.42 Å². The van der Waals surface area contributed by atoms with Crippen LogP contribution >= 0.6 is 11.6 Å². The maximum absolute atomic E-state index is 12.0. The van der Waals surface area contributed by atoms with E-state index in [-0.39, 0.29) is 16.6 Å². The molecule has 1 aromatic rings. The lowest BCUT2D eigenvalue weighted by Gasteiger charge is -2.16. The molecule has 0 saturated heterocycles. The minimum atomic E-state index is -0.281. The Kier molecular flexibility index (Phi) is 8.38. The van der Waals surface area contributed by atoms with E-state index in [1.807, 2.05) is 0 Å². The summed E-state index contributed by atoms with van der Waals surface area (Å²) in [6.45, 7) is 5.14. The van der Waals surface area contributed by atoms with Crippen molar-refractivity contribution in [3.05, 3.63) is 21.6 Å². The van der Waals surface area contributed by atoms with E-state index in [1.165, 1.54) is 30.4 Å². The van der Waals surface area contributed by atoms with Crippen LogP contribution in [-0.4, -0.2) is 29.5 Å². The van der Waals surface area contributed by atoms with Crippen LogP contribution in [0.2, 0.25) is 5.02 Å². The Morgan fingerprint density at radius 1 is 1.43 bits per heavy atom. The third-order valence-corrected chi connectivity index (χ3v) is 3.75.